The Bertz CT molecular complexity index is 425. The Morgan fingerprint density at radius 1 is 1.00 bits per heavy atom. The zero-order valence-electron chi connectivity index (χ0n) is 15.0. The van der Waals surface area contributed by atoms with Gasteiger partial charge in [-0.2, -0.15) is 0 Å². The monoisotopic (exact) mass is 334 g/mol. The first kappa shape index (κ1) is 18.0. The zero-order valence-corrected chi connectivity index (χ0v) is 15.0. The number of ether oxygens (including phenoxy) is 1. The number of fused-ring (bicyclic) bond motifs is 2. The maximum atomic E-state index is 10.5. The van der Waals surface area contributed by atoms with Gasteiger partial charge < -0.3 is 9.84 Å². The third-order valence-corrected chi connectivity index (χ3v) is 6.69. The quantitative estimate of drug-likeness (QED) is 0.466. The number of carboxylic acid groups (broad SMARTS) is 1. The van der Waals surface area contributed by atoms with Gasteiger partial charge >= 0.3 is 5.97 Å². The van der Waals surface area contributed by atoms with Gasteiger partial charge in [-0.1, -0.05) is 31.4 Å². The molecule has 3 saturated carbocycles. The number of unbranched alkanes of at least 4 members (excludes halogenated alkanes) is 1. The summed E-state index contributed by atoms with van der Waals surface area (Å²) < 4.78 is 6.33. The molecule has 2 bridgehead atoms. The fourth-order valence-corrected chi connectivity index (χ4v) is 5.38. The predicted molar refractivity (Wildman–Crippen MR) is 95.9 cm³/mol. The first-order valence-electron chi connectivity index (χ1n) is 10.2. The summed E-state index contributed by atoms with van der Waals surface area (Å²) in [4.78, 5) is 10.5. The first-order valence-corrected chi connectivity index (χ1v) is 10.2. The fraction of sp³-hybridized carbons (Fsp3) is 0.857. The molecule has 0 amide bonds. The molecule has 24 heavy (non-hydrogen) atoms. The molecule has 0 aliphatic heterocycles. The van der Waals surface area contributed by atoms with Crippen LogP contribution in [-0.4, -0.2) is 23.8 Å². The summed E-state index contributed by atoms with van der Waals surface area (Å²) in [6.45, 7) is 0.989. The summed E-state index contributed by atoms with van der Waals surface area (Å²) in [6.07, 6.45) is 19.1. The molecule has 0 aromatic carbocycles. The maximum Gasteiger partial charge on any atom is 0.303 e. The molecule has 0 spiro atoms. The summed E-state index contributed by atoms with van der Waals surface area (Å²) in [7, 11) is 0. The van der Waals surface area contributed by atoms with E-state index in [9.17, 15) is 4.79 Å². The number of hydrogen-bond acceptors (Lipinski definition) is 2. The second-order valence-corrected chi connectivity index (χ2v) is 8.25. The van der Waals surface area contributed by atoms with Gasteiger partial charge in [0.25, 0.3) is 0 Å². The average molecular weight is 335 g/mol. The minimum atomic E-state index is -0.684. The van der Waals surface area contributed by atoms with E-state index >= 15 is 0 Å². The minimum Gasteiger partial charge on any atom is -0.481 e. The molecule has 0 aromatic rings. The van der Waals surface area contributed by atoms with Crippen LogP contribution in [0.4, 0.5) is 0 Å². The second kappa shape index (κ2) is 9.03. The van der Waals surface area contributed by atoms with Crippen LogP contribution in [-0.2, 0) is 9.53 Å². The summed E-state index contributed by atoms with van der Waals surface area (Å²) in [5.74, 6) is 2.72. The van der Waals surface area contributed by atoms with E-state index in [2.05, 4.69) is 12.2 Å². The van der Waals surface area contributed by atoms with E-state index in [-0.39, 0.29) is 6.42 Å². The van der Waals surface area contributed by atoms with Crippen molar-refractivity contribution in [3.63, 3.8) is 0 Å². The van der Waals surface area contributed by atoms with Gasteiger partial charge in [0.1, 0.15) is 0 Å². The van der Waals surface area contributed by atoms with Crippen LogP contribution in [0.3, 0.4) is 0 Å². The summed E-state index contributed by atoms with van der Waals surface area (Å²) >= 11 is 0. The third-order valence-electron chi connectivity index (χ3n) is 6.69. The molecule has 3 aliphatic rings. The van der Waals surface area contributed by atoms with Gasteiger partial charge in [0, 0.05) is 6.42 Å². The van der Waals surface area contributed by atoms with Gasteiger partial charge in [0.15, 0.2) is 0 Å². The largest absolute Gasteiger partial charge is 0.481 e. The summed E-state index contributed by atoms with van der Waals surface area (Å²) in [5, 5.41) is 8.68. The van der Waals surface area contributed by atoms with Gasteiger partial charge in [-0.3, -0.25) is 4.79 Å². The van der Waals surface area contributed by atoms with Crippen LogP contribution in [0.15, 0.2) is 12.2 Å². The van der Waals surface area contributed by atoms with Crippen LogP contribution in [0, 0.1) is 23.7 Å². The van der Waals surface area contributed by atoms with Crippen molar-refractivity contribution < 1.29 is 14.6 Å². The molecular formula is C21H34O3. The van der Waals surface area contributed by atoms with Gasteiger partial charge in [-0.05, 0) is 75.0 Å². The minimum absolute atomic E-state index is 0.288. The molecule has 136 valence electrons. The Morgan fingerprint density at radius 2 is 1.75 bits per heavy atom. The maximum absolute atomic E-state index is 10.5. The standard InChI is InChI=1S/C21H34O3/c22-21(23)11-7-2-1-6-10-19-16-12-13-17(14-16)20(19)15-24-18-8-4-3-5-9-18/h1,6,16-20H,2-5,7-15H2,(H,22,23)/b6-1-/t16-,17+,19-,20+/m0/s1. The Kier molecular flexibility index (Phi) is 6.76. The number of carboxylic acids is 1. The van der Waals surface area contributed by atoms with Crippen LogP contribution in [0.25, 0.3) is 0 Å². The molecule has 0 heterocycles. The van der Waals surface area contributed by atoms with E-state index in [0.717, 1.165) is 43.1 Å². The molecule has 3 aliphatic carbocycles. The van der Waals surface area contributed by atoms with Crippen molar-refractivity contribution in [2.45, 2.75) is 83.2 Å². The highest BCUT2D eigenvalue weighted by atomic mass is 16.5. The first-order chi connectivity index (χ1) is 11.7. The normalized spacial score (nSPS) is 33.5. The summed E-state index contributed by atoms with van der Waals surface area (Å²) in [5.41, 5.74) is 0. The van der Waals surface area contributed by atoms with Crippen molar-refractivity contribution in [1.29, 1.82) is 0 Å². The molecule has 3 nitrogen and oxygen atoms in total. The van der Waals surface area contributed by atoms with Gasteiger partial charge in [0.05, 0.1) is 12.7 Å². The molecule has 3 fully saturated rings. The van der Waals surface area contributed by atoms with Gasteiger partial charge in [-0.15, -0.1) is 0 Å². The van der Waals surface area contributed by atoms with Crippen molar-refractivity contribution in [2.24, 2.45) is 23.7 Å². The SMILES string of the molecule is O=C(O)CCC/C=C\C[C@H]1[C@H]2CC[C@H](C2)[C@H]1COC1CCCCC1. The molecule has 0 radical (unpaired) electrons. The zero-order chi connectivity index (χ0) is 16.8. The van der Waals surface area contributed by atoms with E-state index < -0.39 is 5.97 Å². The molecule has 4 atom stereocenters. The molecule has 3 heteroatoms. The van der Waals surface area contributed by atoms with Crippen molar-refractivity contribution in [3.05, 3.63) is 12.2 Å². The van der Waals surface area contributed by atoms with E-state index in [0.29, 0.717) is 6.10 Å². The number of allylic oxidation sites excluding steroid dienone is 2. The molecule has 0 unspecified atom stereocenters. The Morgan fingerprint density at radius 3 is 2.50 bits per heavy atom. The number of rotatable bonds is 9. The second-order valence-electron chi connectivity index (χ2n) is 8.25. The van der Waals surface area contributed by atoms with Crippen molar-refractivity contribution >= 4 is 5.97 Å². The molecular weight excluding hydrogens is 300 g/mol. The Balaban J connectivity index is 1.42. The van der Waals surface area contributed by atoms with Crippen molar-refractivity contribution in [2.75, 3.05) is 6.61 Å². The molecule has 1 N–H and O–H groups in total. The van der Waals surface area contributed by atoms with Crippen molar-refractivity contribution in [1.82, 2.24) is 0 Å². The summed E-state index contributed by atoms with van der Waals surface area (Å²) in [6, 6.07) is 0. The lowest BCUT2D eigenvalue weighted by atomic mass is 9.78. The van der Waals surface area contributed by atoms with Crippen LogP contribution in [0.5, 0.6) is 0 Å². The smallest absolute Gasteiger partial charge is 0.303 e. The lowest BCUT2D eigenvalue weighted by molar-refractivity contribution is -0.137. The molecule has 0 aromatic heterocycles. The lowest BCUT2D eigenvalue weighted by Gasteiger charge is -2.32. The van der Waals surface area contributed by atoms with E-state index in [1.807, 2.05) is 0 Å². The lowest BCUT2D eigenvalue weighted by Crippen LogP contribution is -2.29. The van der Waals surface area contributed by atoms with Crippen molar-refractivity contribution in [3.8, 4) is 0 Å². The van der Waals surface area contributed by atoms with E-state index in [4.69, 9.17) is 9.84 Å². The third kappa shape index (κ3) is 4.84. The van der Waals surface area contributed by atoms with Crippen LogP contribution < -0.4 is 0 Å². The molecule has 0 saturated heterocycles. The van der Waals surface area contributed by atoms with Crippen LogP contribution in [0.1, 0.15) is 77.0 Å². The van der Waals surface area contributed by atoms with E-state index in [1.54, 1.807) is 0 Å². The highest BCUT2D eigenvalue weighted by Crippen LogP contribution is 2.53. The number of carbonyl (C=O) groups is 1. The number of hydrogen-bond donors (Lipinski definition) is 1. The Labute approximate surface area is 146 Å². The fourth-order valence-electron chi connectivity index (χ4n) is 5.38. The number of aliphatic carboxylic acids is 1. The Hall–Kier alpha value is -0.830. The van der Waals surface area contributed by atoms with Crippen LogP contribution >= 0.6 is 0 Å². The van der Waals surface area contributed by atoms with Crippen LogP contribution in [0.2, 0.25) is 0 Å². The van der Waals surface area contributed by atoms with Gasteiger partial charge in [0.2, 0.25) is 0 Å². The predicted octanol–water partition coefficient (Wildman–Crippen LogP) is 5.20. The topological polar surface area (TPSA) is 46.5 Å². The van der Waals surface area contributed by atoms with E-state index in [1.165, 1.54) is 57.8 Å². The average Bonchev–Trinajstić information content (AvgIpc) is 3.18. The highest BCUT2D eigenvalue weighted by Gasteiger charge is 2.46. The molecule has 3 rings (SSSR count). The highest BCUT2D eigenvalue weighted by molar-refractivity contribution is 5.66. The van der Waals surface area contributed by atoms with Gasteiger partial charge in [-0.25, -0.2) is 0 Å².